The summed E-state index contributed by atoms with van der Waals surface area (Å²) >= 11 is 6.27. The van der Waals surface area contributed by atoms with E-state index in [-0.39, 0.29) is 11.7 Å². The molecule has 2 aliphatic rings. The fourth-order valence-electron chi connectivity index (χ4n) is 5.33. The highest BCUT2D eigenvalue weighted by Crippen LogP contribution is 2.39. The van der Waals surface area contributed by atoms with Crippen molar-refractivity contribution in [3.63, 3.8) is 0 Å². The number of benzene rings is 2. The van der Waals surface area contributed by atoms with E-state index in [4.69, 9.17) is 11.6 Å². The molecule has 35 heavy (non-hydrogen) atoms. The van der Waals surface area contributed by atoms with Gasteiger partial charge in [-0.15, -0.1) is 0 Å². The number of dihydropyridines is 1. The quantitative estimate of drug-likeness (QED) is 0.420. The second-order valence-corrected chi connectivity index (χ2v) is 9.94. The van der Waals surface area contributed by atoms with E-state index < -0.39 is 0 Å². The number of halogens is 1. The van der Waals surface area contributed by atoms with Crippen LogP contribution in [0.5, 0.6) is 0 Å². The largest absolute Gasteiger partial charge is 0.380 e. The molecule has 0 saturated heterocycles. The van der Waals surface area contributed by atoms with Crippen molar-refractivity contribution in [1.29, 1.82) is 0 Å². The first kappa shape index (κ1) is 27.0. The molecule has 2 unspecified atom stereocenters. The van der Waals surface area contributed by atoms with Crippen LogP contribution < -0.4 is 5.32 Å². The molecular formula is C32H40ClNO. The van der Waals surface area contributed by atoms with E-state index >= 15 is 0 Å². The zero-order valence-electron chi connectivity index (χ0n) is 21.7. The molecule has 1 aliphatic heterocycles. The summed E-state index contributed by atoms with van der Waals surface area (Å²) in [5.41, 5.74) is 8.55. The summed E-state index contributed by atoms with van der Waals surface area (Å²) < 4.78 is 0. The summed E-state index contributed by atoms with van der Waals surface area (Å²) in [6.45, 7) is 8.25. The van der Waals surface area contributed by atoms with Crippen LogP contribution in [0.15, 0.2) is 78.0 Å². The zero-order valence-corrected chi connectivity index (χ0v) is 22.5. The smallest absolute Gasteiger partial charge is 0.137 e. The van der Waals surface area contributed by atoms with Crippen LogP contribution in [0.25, 0.3) is 5.57 Å². The van der Waals surface area contributed by atoms with Crippen molar-refractivity contribution in [2.45, 2.75) is 84.6 Å². The van der Waals surface area contributed by atoms with E-state index in [1.54, 1.807) is 12.5 Å². The summed E-state index contributed by atoms with van der Waals surface area (Å²) in [5.74, 6) is 0.342. The first-order valence-electron chi connectivity index (χ1n) is 13.2. The summed E-state index contributed by atoms with van der Waals surface area (Å²) in [6.07, 6.45) is 14.3. The molecule has 0 saturated carbocycles. The summed E-state index contributed by atoms with van der Waals surface area (Å²) in [6, 6.07) is 16.7. The van der Waals surface area contributed by atoms with Crippen molar-refractivity contribution in [1.82, 2.24) is 5.32 Å². The number of aryl methyl sites for hydroxylation is 1. The Kier molecular flexibility index (Phi) is 10.4. The molecule has 0 radical (unpaired) electrons. The maximum absolute atomic E-state index is 11.2. The van der Waals surface area contributed by atoms with E-state index in [2.05, 4.69) is 49.6 Å². The molecule has 186 valence electrons. The SMILES string of the molecule is CCC(C(C)=O)c1ccccc1.CCCC(CCC)=C1c2ccc(Cl)cc2CCC2=CC=CNC21. The number of fused-ring (bicyclic) bond motifs is 2. The molecule has 2 aromatic rings. The van der Waals surface area contributed by atoms with E-state index in [1.165, 1.54) is 48.0 Å². The number of carbonyl (C=O) groups excluding carboxylic acids is 1. The molecule has 2 aromatic carbocycles. The Hall–Kier alpha value is -2.58. The molecule has 0 bridgehead atoms. The lowest BCUT2D eigenvalue weighted by Crippen LogP contribution is -2.30. The minimum atomic E-state index is 0.0891. The number of allylic oxidation sites excluding steroid dienone is 3. The van der Waals surface area contributed by atoms with Crippen molar-refractivity contribution in [2.24, 2.45) is 0 Å². The number of Topliss-reactive ketones (excluding diaryl/α,β-unsaturated/α-hetero) is 1. The summed E-state index contributed by atoms with van der Waals surface area (Å²) in [5, 5.41) is 4.47. The molecular weight excluding hydrogens is 450 g/mol. The van der Waals surface area contributed by atoms with Crippen LogP contribution in [-0.4, -0.2) is 11.8 Å². The maximum atomic E-state index is 11.2. The number of carbonyl (C=O) groups is 1. The lowest BCUT2D eigenvalue weighted by atomic mass is 9.85. The fraction of sp³-hybridized carbons (Fsp3) is 0.406. The van der Waals surface area contributed by atoms with E-state index in [9.17, 15) is 4.79 Å². The summed E-state index contributed by atoms with van der Waals surface area (Å²) in [4.78, 5) is 11.2. The normalized spacial score (nSPS) is 17.0. The van der Waals surface area contributed by atoms with Gasteiger partial charge in [0.05, 0.1) is 6.04 Å². The molecule has 2 atom stereocenters. The topological polar surface area (TPSA) is 29.1 Å². The van der Waals surface area contributed by atoms with Crippen molar-refractivity contribution >= 4 is 23.0 Å². The maximum Gasteiger partial charge on any atom is 0.137 e. The lowest BCUT2D eigenvalue weighted by molar-refractivity contribution is -0.118. The third-order valence-corrected chi connectivity index (χ3v) is 7.19. The third kappa shape index (κ3) is 6.98. The second kappa shape index (κ2) is 13.5. The Morgan fingerprint density at radius 2 is 1.74 bits per heavy atom. The predicted molar refractivity (Wildman–Crippen MR) is 151 cm³/mol. The number of hydrogen-bond donors (Lipinski definition) is 1. The average Bonchev–Trinajstić information content (AvgIpc) is 3.02. The van der Waals surface area contributed by atoms with Gasteiger partial charge in [-0.25, -0.2) is 0 Å². The zero-order chi connectivity index (χ0) is 25.2. The van der Waals surface area contributed by atoms with Gasteiger partial charge >= 0.3 is 0 Å². The Morgan fingerprint density at radius 1 is 1.03 bits per heavy atom. The van der Waals surface area contributed by atoms with Crippen LogP contribution in [-0.2, 0) is 11.2 Å². The van der Waals surface area contributed by atoms with Gasteiger partial charge in [-0.3, -0.25) is 4.79 Å². The highest BCUT2D eigenvalue weighted by atomic mass is 35.5. The highest BCUT2D eigenvalue weighted by Gasteiger charge is 2.28. The van der Waals surface area contributed by atoms with Crippen LogP contribution in [0.1, 0.15) is 88.8 Å². The first-order chi connectivity index (χ1) is 17.0. The standard InChI is InChI=1S/C21H26ClN.C11H14O/c1-3-6-15(7-4-2)20-19-12-11-18(22)14-17(19)10-9-16-8-5-13-23-21(16)20;1-3-11(9(2)12)10-7-5-4-6-8-10/h5,8,11-14,21,23H,3-4,6-7,9-10H2,1-2H3;4-8,11H,3H2,1-2H3. The number of ketones is 1. The lowest BCUT2D eigenvalue weighted by Gasteiger charge is -2.27. The van der Waals surface area contributed by atoms with Crippen LogP contribution in [0.2, 0.25) is 5.02 Å². The van der Waals surface area contributed by atoms with Crippen molar-refractivity contribution in [3.05, 3.63) is 99.7 Å². The van der Waals surface area contributed by atoms with E-state index in [0.29, 0.717) is 6.04 Å². The van der Waals surface area contributed by atoms with Gasteiger partial charge in [0, 0.05) is 10.9 Å². The molecule has 4 rings (SSSR count). The molecule has 1 aliphatic carbocycles. The van der Waals surface area contributed by atoms with Gasteiger partial charge in [0.25, 0.3) is 0 Å². The van der Waals surface area contributed by atoms with E-state index in [0.717, 1.165) is 29.8 Å². The molecule has 1 N–H and O–H groups in total. The van der Waals surface area contributed by atoms with Crippen LogP contribution in [0.3, 0.4) is 0 Å². The van der Waals surface area contributed by atoms with Crippen LogP contribution in [0.4, 0.5) is 0 Å². The van der Waals surface area contributed by atoms with Gasteiger partial charge in [-0.05, 0) is 91.3 Å². The molecule has 2 nitrogen and oxygen atoms in total. The Bertz CT molecular complexity index is 1070. The minimum absolute atomic E-state index is 0.0891. The number of hydrogen-bond acceptors (Lipinski definition) is 2. The Morgan fingerprint density at radius 3 is 2.37 bits per heavy atom. The van der Waals surface area contributed by atoms with Gasteiger partial charge in [0.2, 0.25) is 0 Å². The second-order valence-electron chi connectivity index (χ2n) is 9.50. The number of nitrogens with one attached hydrogen (secondary N) is 1. The molecule has 3 heteroatoms. The van der Waals surface area contributed by atoms with Gasteiger partial charge in [0.1, 0.15) is 5.78 Å². The molecule has 1 heterocycles. The monoisotopic (exact) mass is 489 g/mol. The van der Waals surface area contributed by atoms with Gasteiger partial charge in [0.15, 0.2) is 0 Å². The van der Waals surface area contributed by atoms with Gasteiger partial charge in [-0.1, -0.05) is 93.3 Å². The molecule has 0 spiro atoms. The van der Waals surface area contributed by atoms with Gasteiger partial charge < -0.3 is 5.32 Å². The first-order valence-corrected chi connectivity index (χ1v) is 13.6. The molecule has 0 aromatic heterocycles. The Balaban J connectivity index is 0.000000241. The minimum Gasteiger partial charge on any atom is -0.380 e. The third-order valence-electron chi connectivity index (χ3n) is 6.95. The Labute approximate surface area is 217 Å². The average molecular weight is 490 g/mol. The summed E-state index contributed by atoms with van der Waals surface area (Å²) in [7, 11) is 0. The van der Waals surface area contributed by atoms with Crippen molar-refractivity contribution < 1.29 is 4.79 Å². The predicted octanol–water partition coefficient (Wildman–Crippen LogP) is 8.82. The number of rotatable bonds is 7. The van der Waals surface area contributed by atoms with Crippen LogP contribution >= 0.6 is 11.6 Å². The molecule has 0 fully saturated rings. The fourth-order valence-corrected chi connectivity index (χ4v) is 5.52. The van der Waals surface area contributed by atoms with Gasteiger partial charge in [-0.2, -0.15) is 0 Å². The van der Waals surface area contributed by atoms with Crippen LogP contribution in [0, 0.1) is 0 Å². The van der Waals surface area contributed by atoms with Crippen molar-refractivity contribution in [2.75, 3.05) is 0 Å². The van der Waals surface area contributed by atoms with Crippen molar-refractivity contribution in [3.8, 4) is 0 Å². The molecule has 0 amide bonds. The van der Waals surface area contributed by atoms with E-state index in [1.807, 2.05) is 43.3 Å². The highest BCUT2D eigenvalue weighted by molar-refractivity contribution is 6.30.